The normalized spacial score (nSPS) is 14.6. The molecule has 2 aromatic rings. The van der Waals surface area contributed by atoms with Crippen molar-refractivity contribution in [2.45, 2.75) is 19.2 Å². The van der Waals surface area contributed by atoms with Gasteiger partial charge >= 0.3 is 12.3 Å². The van der Waals surface area contributed by atoms with Crippen molar-refractivity contribution in [1.29, 1.82) is 0 Å². The van der Waals surface area contributed by atoms with E-state index in [2.05, 4.69) is 5.10 Å². The maximum Gasteiger partial charge on any atom is 0.433 e. The van der Waals surface area contributed by atoms with Crippen LogP contribution in [0.25, 0.3) is 0 Å². The Labute approximate surface area is 146 Å². The third-order valence-electron chi connectivity index (χ3n) is 3.83. The predicted octanol–water partition coefficient (Wildman–Crippen LogP) is 2.83. The Kier molecular flexibility index (Phi) is 4.83. The zero-order chi connectivity index (χ0) is 18.7. The van der Waals surface area contributed by atoms with Gasteiger partial charge in [0.05, 0.1) is 11.8 Å². The molecule has 1 saturated heterocycles. The highest BCUT2D eigenvalue weighted by molar-refractivity contribution is 5.96. The van der Waals surface area contributed by atoms with Crippen molar-refractivity contribution >= 4 is 12.0 Å². The van der Waals surface area contributed by atoms with Crippen molar-refractivity contribution in [3.63, 3.8) is 0 Å². The van der Waals surface area contributed by atoms with Crippen molar-refractivity contribution in [2.75, 3.05) is 13.1 Å². The molecule has 1 aliphatic rings. The van der Waals surface area contributed by atoms with Gasteiger partial charge in [-0.3, -0.25) is 9.89 Å². The lowest BCUT2D eigenvalue weighted by Gasteiger charge is -2.27. The summed E-state index contributed by atoms with van der Waals surface area (Å²) < 4.78 is 44.0. The summed E-state index contributed by atoms with van der Waals surface area (Å²) in [5.74, 6) is -0.958. The summed E-state index contributed by atoms with van der Waals surface area (Å²) in [6, 6.07) is 8.91. The molecule has 2 heterocycles. The Balaban J connectivity index is 1.71. The number of hydrogen-bond donors (Lipinski definition) is 1. The Bertz CT molecular complexity index is 792. The molecular weight excluding hydrogens is 353 g/mol. The number of aromatic amines is 1. The first kappa shape index (κ1) is 17.8. The van der Waals surface area contributed by atoms with Crippen LogP contribution in [0, 0.1) is 0 Å². The number of hydrogen-bond acceptors (Lipinski definition) is 4. The number of alkyl halides is 3. The van der Waals surface area contributed by atoms with Crippen LogP contribution in [0.15, 0.2) is 36.5 Å². The van der Waals surface area contributed by atoms with E-state index in [1.54, 1.807) is 29.4 Å². The maximum atomic E-state index is 12.9. The van der Waals surface area contributed by atoms with Crippen LogP contribution >= 0.6 is 0 Å². The quantitative estimate of drug-likeness (QED) is 0.904. The highest BCUT2D eigenvalue weighted by atomic mass is 19.4. The first-order chi connectivity index (χ1) is 12.4. The van der Waals surface area contributed by atoms with Crippen LogP contribution in [0.3, 0.4) is 0 Å². The lowest BCUT2D eigenvalue weighted by molar-refractivity contribution is -0.141. The van der Waals surface area contributed by atoms with Crippen molar-refractivity contribution in [3.8, 4) is 0 Å². The molecule has 26 heavy (non-hydrogen) atoms. The summed E-state index contributed by atoms with van der Waals surface area (Å²) >= 11 is 0. The Morgan fingerprint density at radius 3 is 2.54 bits per heavy atom. The molecule has 0 unspecified atom stereocenters. The Hall–Kier alpha value is -3.04. The fourth-order valence-electron chi connectivity index (χ4n) is 2.61. The summed E-state index contributed by atoms with van der Waals surface area (Å²) in [6.07, 6.45) is -4.31. The highest BCUT2D eigenvalue weighted by Crippen LogP contribution is 2.31. The van der Waals surface area contributed by atoms with Crippen LogP contribution in [0.5, 0.6) is 0 Å². The standard InChI is InChI=1S/C16H15F3N4O3/c17-16(18,19)13-12(9-20-21-13)14(24)22-7-4-8-23(22)15(25)26-10-11-5-2-1-3-6-11/h1-3,5-6,9H,4,7-8,10H2,(H,20,21). The number of nitrogens with one attached hydrogen (secondary N) is 1. The molecule has 1 aliphatic heterocycles. The van der Waals surface area contributed by atoms with E-state index in [0.717, 1.165) is 21.8 Å². The van der Waals surface area contributed by atoms with Gasteiger partial charge in [-0.1, -0.05) is 30.3 Å². The van der Waals surface area contributed by atoms with Gasteiger partial charge in [-0.25, -0.2) is 14.8 Å². The molecule has 1 aromatic carbocycles. The minimum absolute atomic E-state index is 0.00227. The summed E-state index contributed by atoms with van der Waals surface area (Å²) in [5, 5.41) is 7.05. The van der Waals surface area contributed by atoms with E-state index >= 15 is 0 Å². The van der Waals surface area contributed by atoms with Crippen LogP contribution in [0.2, 0.25) is 0 Å². The molecule has 3 rings (SSSR count). The minimum Gasteiger partial charge on any atom is -0.443 e. The SMILES string of the molecule is O=C(OCc1ccccc1)N1CCCN1C(=O)c1cn[nH]c1C(F)(F)F. The zero-order valence-corrected chi connectivity index (χ0v) is 13.5. The molecule has 7 nitrogen and oxygen atoms in total. The van der Waals surface area contributed by atoms with E-state index < -0.39 is 29.4 Å². The van der Waals surface area contributed by atoms with Gasteiger partial charge in [-0.15, -0.1) is 0 Å². The predicted molar refractivity (Wildman–Crippen MR) is 82.6 cm³/mol. The van der Waals surface area contributed by atoms with Crippen molar-refractivity contribution in [1.82, 2.24) is 20.2 Å². The van der Waals surface area contributed by atoms with Gasteiger partial charge in [0.2, 0.25) is 0 Å². The highest BCUT2D eigenvalue weighted by Gasteiger charge is 2.41. The number of rotatable bonds is 3. The smallest absolute Gasteiger partial charge is 0.433 e. The van der Waals surface area contributed by atoms with Gasteiger partial charge in [0.1, 0.15) is 6.61 Å². The van der Waals surface area contributed by atoms with E-state index in [1.165, 1.54) is 0 Å². The molecular formula is C16H15F3N4O3. The van der Waals surface area contributed by atoms with Crippen LogP contribution < -0.4 is 0 Å². The number of hydrazine groups is 1. The van der Waals surface area contributed by atoms with Crippen LogP contribution in [-0.4, -0.2) is 45.3 Å². The average Bonchev–Trinajstić information content (AvgIpc) is 3.28. The molecule has 0 bridgehead atoms. The third kappa shape index (κ3) is 3.63. The molecule has 0 aliphatic carbocycles. The summed E-state index contributed by atoms with van der Waals surface area (Å²) in [4.78, 5) is 24.7. The third-order valence-corrected chi connectivity index (χ3v) is 3.83. The van der Waals surface area contributed by atoms with E-state index in [0.29, 0.717) is 6.42 Å². The number of carbonyl (C=O) groups excluding carboxylic acids is 2. The molecule has 10 heteroatoms. The van der Waals surface area contributed by atoms with Gasteiger partial charge in [0.15, 0.2) is 5.69 Å². The van der Waals surface area contributed by atoms with Crippen LogP contribution in [0.4, 0.5) is 18.0 Å². The maximum absolute atomic E-state index is 12.9. The second-order valence-corrected chi connectivity index (χ2v) is 5.60. The fourth-order valence-corrected chi connectivity index (χ4v) is 2.61. The fraction of sp³-hybridized carbons (Fsp3) is 0.312. The lowest BCUT2D eigenvalue weighted by atomic mass is 10.2. The summed E-state index contributed by atoms with van der Waals surface area (Å²) in [6.45, 7) is 0.290. The summed E-state index contributed by atoms with van der Waals surface area (Å²) in [7, 11) is 0. The topological polar surface area (TPSA) is 78.5 Å². The number of ether oxygens (including phenoxy) is 1. The zero-order valence-electron chi connectivity index (χ0n) is 13.5. The minimum atomic E-state index is -4.75. The average molecular weight is 368 g/mol. The Morgan fingerprint density at radius 1 is 1.15 bits per heavy atom. The second-order valence-electron chi connectivity index (χ2n) is 5.60. The summed E-state index contributed by atoms with van der Waals surface area (Å²) in [5.41, 5.74) is -1.13. The van der Waals surface area contributed by atoms with Gasteiger partial charge in [-0.05, 0) is 12.0 Å². The van der Waals surface area contributed by atoms with Crippen LogP contribution in [0.1, 0.15) is 28.0 Å². The first-order valence-corrected chi connectivity index (χ1v) is 7.78. The second kappa shape index (κ2) is 7.06. The molecule has 1 N–H and O–H groups in total. The van der Waals surface area contributed by atoms with Crippen molar-refractivity contribution in [3.05, 3.63) is 53.3 Å². The molecule has 0 radical (unpaired) electrons. The van der Waals surface area contributed by atoms with Gasteiger partial charge in [0.25, 0.3) is 5.91 Å². The molecule has 0 spiro atoms. The molecule has 0 atom stereocenters. The van der Waals surface area contributed by atoms with Gasteiger partial charge in [-0.2, -0.15) is 18.3 Å². The number of halogens is 3. The number of H-pyrrole nitrogens is 1. The molecule has 0 saturated carbocycles. The number of nitrogens with zero attached hydrogens (tertiary/aromatic N) is 3. The number of amides is 2. The molecule has 138 valence electrons. The lowest BCUT2D eigenvalue weighted by Crippen LogP contribution is -2.45. The van der Waals surface area contributed by atoms with Crippen molar-refractivity contribution in [2.24, 2.45) is 0 Å². The van der Waals surface area contributed by atoms with Gasteiger partial charge < -0.3 is 4.74 Å². The molecule has 1 fully saturated rings. The van der Waals surface area contributed by atoms with E-state index in [9.17, 15) is 22.8 Å². The number of carbonyl (C=O) groups is 2. The van der Waals surface area contributed by atoms with Crippen LogP contribution in [-0.2, 0) is 17.5 Å². The van der Waals surface area contributed by atoms with E-state index in [-0.39, 0.29) is 19.7 Å². The monoisotopic (exact) mass is 368 g/mol. The number of aromatic nitrogens is 2. The Morgan fingerprint density at radius 2 is 1.85 bits per heavy atom. The molecule has 1 aromatic heterocycles. The number of benzene rings is 1. The largest absolute Gasteiger partial charge is 0.443 e. The van der Waals surface area contributed by atoms with E-state index in [1.807, 2.05) is 6.07 Å². The van der Waals surface area contributed by atoms with E-state index in [4.69, 9.17) is 4.74 Å². The van der Waals surface area contributed by atoms with Crippen molar-refractivity contribution < 1.29 is 27.5 Å². The molecule has 2 amide bonds. The van der Waals surface area contributed by atoms with Gasteiger partial charge in [0, 0.05) is 13.1 Å². The first-order valence-electron chi connectivity index (χ1n) is 7.78.